The predicted molar refractivity (Wildman–Crippen MR) is 128 cm³/mol. The predicted octanol–water partition coefficient (Wildman–Crippen LogP) is 5.26. The topological polar surface area (TPSA) is 66.8 Å². The highest BCUT2D eigenvalue weighted by Crippen LogP contribution is 2.36. The van der Waals surface area contributed by atoms with Crippen molar-refractivity contribution in [2.24, 2.45) is 0 Å². The molecule has 1 aromatic carbocycles. The van der Waals surface area contributed by atoms with E-state index >= 15 is 0 Å². The van der Waals surface area contributed by atoms with Gasteiger partial charge >= 0.3 is 11.9 Å². The van der Waals surface area contributed by atoms with Crippen LogP contribution in [0.5, 0.6) is 0 Å². The Kier molecular flexibility index (Phi) is 9.59. The molecule has 186 valence electrons. The number of likely N-dealkylation sites (tertiary alicyclic amines) is 1. The summed E-state index contributed by atoms with van der Waals surface area (Å²) in [5.41, 5.74) is 1.27. The third kappa shape index (κ3) is 7.34. The number of nitrogens with zero attached hydrogens (tertiary/aromatic N) is 1. The number of halogens is 2. The van der Waals surface area contributed by atoms with E-state index in [1.807, 2.05) is 24.3 Å². The fourth-order valence-electron chi connectivity index (χ4n) is 4.44. The number of benzene rings is 1. The van der Waals surface area contributed by atoms with Crippen LogP contribution in [0.4, 0.5) is 8.78 Å². The second-order valence-corrected chi connectivity index (χ2v) is 10.1. The molecule has 5 nitrogen and oxygen atoms in total. The van der Waals surface area contributed by atoms with Gasteiger partial charge in [-0.15, -0.1) is 11.3 Å². The Bertz CT molecular complexity index is 934. The largest absolute Gasteiger partial charge is 0.465 e. The van der Waals surface area contributed by atoms with Crippen molar-refractivity contribution in [2.75, 3.05) is 13.7 Å². The lowest BCUT2D eigenvalue weighted by Gasteiger charge is -2.25. The van der Waals surface area contributed by atoms with Crippen LogP contribution in [0.1, 0.15) is 65.1 Å². The summed E-state index contributed by atoms with van der Waals surface area (Å²) in [6, 6.07) is 13.1. The van der Waals surface area contributed by atoms with Crippen molar-refractivity contribution in [3.05, 3.63) is 57.8 Å². The van der Waals surface area contributed by atoms with Gasteiger partial charge < -0.3 is 14.7 Å². The molecule has 1 fully saturated rings. The number of rotatable bonds is 13. The van der Waals surface area contributed by atoms with Crippen molar-refractivity contribution in [1.29, 1.82) is 0 Å². The molecule has 0 spiro atoms. The van der Waals surface area contributed by atoms with E-state index < -0.39 is 36.4 Å². The van der Waals surface area contributed by atoms with Gasteiger partial charge in [-0.05, 0) is 62.6 Å². The summed E-state index contributed by atoms with van der Waals surface area (Å²) in [4.78, 5) is 26.6. The molecule has 1 aromatic heterocycles. The fraction of sp³-hybridized carbons (Fsp3) is 0.538. The Morgan fingerprint density at radius 3 is 2.65 bits per heavy atom. The summed E-state index contributed by atoms with van der Waals surface area (Å²) >= 11 is 1.31. The number of carbonyl (C=O) groups excluding carboxylic acids is 2. The van der Waals surface area contributed by atoms with Crippen LogP contribution in [0.25, 0.3) is 0 Å². The molecule has 1 aliphatic heterocycles. The smallest absolute Gasteiger partial charge is 0.348 e. The van der Waals surface area contributed by atoms with E-state index in [4.69, 9.17) is 4.74 Å². The van der Waals surface area contributed by atoms with Gasteiger partial charge in [-0.1, -0.05) is 36.8 Å². The molecule has 3 rings (SSSR count). The number of carbonyl (C=O) groups is 2. The average molecular weight is 494 g/mol. The number of esters is 1. The highest BCUT2D eigenvalue weighted by molar-refractivity contribution is 7.13. The van der Waals surface area contributed by atoms with E-state index in [-0.39, 0.29) is 6.54 Å². The fourth-order valence-corrected chi connectivity index (χ4v) is 5.41. The Hall–Kier alpha value is -2.32. The van der Waals surface area contributed by atoms with E-state index in [2.05, 4.69) is 12.1 Å². The average Bonchev–Trinajstić information content (AvgIpc) is 3.38. The normalized spacial score (nSPS) is 18.3. The number of aryl methyl sites for hydroxylation is 2. The number of aliphatic hydroxyl groups is 1. The zero-order valence-electron chi connectivity index (χ0n) is 19.6. The van der Waals surface area contributed by atoms with Gasteiger partial charge in [0, 0.05) is 23.9 Å². The molecule has 8 heteroatoms. The van der Waals surface area contributed by atoms with Crippen molar-refractivity contribution in [2.45, 2.75) is 75.9 Å². The summed E-state index contributed by atoms with van der Waals surface area (Å²) in [7, 11) is 1.32. The van der Waals surface area contributed by atoms with Gasteiger partial charge in [0.1, 0.15) is 4.88 Å². The molecule has 1 saturated heterocycles. The quantitative estimate of drug-likeness (QED) is 0.305. The summed E-state index contributed by atoms with van der Waals surface area (Å²) in [6.45, 7) is 0.234. The Morgan fingerprint density at radius 2 is 1.91 bits per heavy atom. The molecule has 2 atom stereocenters. The van der Waals surface area contributed by atoms with Crippen molar-refractivity contribution in [3.63, 3.8) is 0 Å². The molecule has 1 amide bonds. The van der Waals surface area contributed by atoms with Gasteiger partial charge in [0.2, 0.25) is 0 Å². The van der Waals surface area contributed by atoms with Crippen molar-refractivity contribution < 1.29 is 28.2 Å². The van der Waals surface area contributed by atoms with Crippen LogP contribution in [-0.4, -0.2) is 53.6 Å². The number of unbranched alkanes of at least 4 members (excludes halogenated alkanes) is 1. The van der Waals surface area contributed by atoms with Crippen LogP contribution < -0.4 is 0 Å². The summed E-state index contributed by atoms with van der Waals surface area (Å²) in [5, 5.41) is 10.4. The zero-order chi connectivity index (χ0) is 24.6. The van der Waals surface area contributed by atoms with Crippen LogP contribution in [0.2, 0.25) is 0 Å². The summed E-state index contributed by atoms with van der Waals surface area (Å²) < 4.78 is 33.0. The number of hydrogen-bond donors (Lipinski definition) is 1. The second-order valence-electron chi connectivity index (χ2n) is 8.88. The van der Waals surface area contributed by atoms with Gasteiger partial charge in [0.05, 0.1) is 13.2 Å². The lowest BCUT2D eigenvalue weighted by atomic mass is 10.00. The first-order valence-electron chi connectivity index (χ1n) is 11.9. The van der Waals surface area contributed by atoms with Crippen molar-refractivity contribution in [1.82, 2.24) is 4.90 Å². The maximum atomic E-state index is 14.2. The second kappa shape index (κ2) is 12.4. The number of amides is 1. The van der Waals surface area contributed by atoms with Crippen LogP contribution >= 0.6 is 11.3 Å². The number of ether oxygens (including phenoxy) is 1. The van der Waals surface area contributed by atoms with Gasteiger partial charge in [-0.3, -0.25) is 4.79 Å². The molecule has 0 aliphatic carbocycles. The highest BCUT2D eigenvalue weighted by Gasteiger charge is 2.52. The maximum Gasteiger partial charge on any atom is 0.348 e. The minimum Gasteiger partial charge on any atom is -0.465 e. The number of aliphatic hydroxyl groups excluding tert-OH is 1. The first-order chi connectivity index (χ1) is 16.3. The van der Waals surface area contributed by atoms with Gasteiger partial charge in [-0.2, -0.15) is 8.78 Å². The monoisotopic (exact) mass is 493 g/mol. The van der Waals surface area contributed by atoms with Crippen LogP contribution in [0.15, 0.2) is 42.5 Å². The SMILES string of the molecule is COC(=O)c1ccc(CCCN2C(=O)C(F)(F)C[C@@H]2CC[C@H](O)CCCCc2ccccc2)s1. The lowest BCUT2D eigenvalue weighted by Crippen LogP contribution is -2.37. The van der Waals surface area contributed by atoms with Crippen LogP contribution in [-0.2, 0) is 22.4 Å². The molecule has 2 aromatic rings. The van der Waals surface area contributed by atoms with E-state index in [9.17, 15) is 23.5 Å². The molecule has 0 unspecified atom stereocenters. The Morgan fingerprint density at radius 1 is 1.15 bits per heavy atom. The molecule has 0 saturated carbocycles. The first kappa shape index (κ1) is 26.3. The van der Waals surface area contributed by atoms with Gasteiger partial charge in [0.15, 0.2) is 0 Å². The highest BCUT2D eigenvalue weighted by atomic mass is 32.1. The third-order valence-corrected chi connectivity index (χ3v) is 7.43. The number of methoxy groups -OCH3 is 1. The van der Waals surface area contributed by atoms with E-state index in [0.717, 1.165) is 24.1 Å². The van der Waals surface area contributed by atoms with Crippen LogP contribution in [0, 0.1) is 0 Å². The Balaban J connectivity index is 1.42. The summed E-state index contributed by atoms with van der Waals surface area (Å²) in [6.07, 6.45) is 4.27. The van der Waals surface area contributed by atoms with Crippen molar-refractivity contribution >= 4 is 23.2 Å². The molecule has 34 heavy (non-hydrogen) atoms. The Labute approximate surface area is 203 Å². The van der Waals surface area contributed by atoms with E-state index in [1.54, 1.807) is 6.07 Å². The van der Waals surface area contributed by atoms with Crippen LogP contribution in [0.3, 0.4) is 0 Å². The molecule has 2 heterocycles. The first-order valence-corrected chi connectivity index (χ1v) is 12.7. The number of thiophene rings is 1. The number of hydrogen-bond acceptors (Lipinski definition) is 5. The molecular formula is C26H33F2NO4S. The molecule has 0 bridgehead atoms. The minimum atomic E-state index is -3.34. The minimum absolute atomic E-state index is 0.234. The molecular weight excluding hydrogens is 460 g/mol. The van der Waals surface area contributed by atoms with E-state index in [1.165, 1.54) is 28.9 Å². The zero-order valence-corrected chi connectivity index (χ0v) is 20.4. The molecule has 1 aliphatic rings. The third-order valence-electron chi connectivity index (χ3n) is 6.31. The molecule has 1 N–H and O–H groups in total. The van der Waals surface area contributed by atoms with Crippen molar-refractivity contribution in [3.8, 4) is 0 Å². The van der Waals surface area contributed by atoms with E-state index in [0.29, 0.717) is 37.0 Å². The maximum absolute atomic E-state index is 14.2. The number of alkyl halides is 2. The van der Waals surface area contributed by atoms with Gasteiger partial charge in [0.25, 0.3) is 5.91 Å². The standard InChI is InChI=1S/C26H33F2NO4S/c1-33-24(31)23-16-15-22(34-23)12-7-17-29-20(18-26(27,28)25(29)32)13-14-21(30)11-6-5-10-19-8-3-2-4-9-19/h2-4,8-9,15-16,20-21,30H,5-7,10-14,17-18H2,1H3/t20-,21+/m0/s1. The summed E-state index contributed by atoms with van der Waals surface area (Å²) in [5.74, 6) is -4.85. The van der Waals surface area contributed by atoms with Gasteiger partial charge in [-0.25, -0.2) is 4.79 Å². The molecule has 0 radical (unpaired) electrons. The lowest BCUT2D eigenvalue weighted by molar-refractivity contribution is -0.148.